The molecule has 100 valence electrons. The Labute approximate surface area is 114 Å². The lowest BCUT2D eigenvalue weighted by atomic mass is 10.00. The molecular formula is C16H21N3. The minimum absolute atomic E-state index is 0.118. The molecule has 1 unspecified atom stereocenters. The van der Waals surface area contributed by atoms with Crippen LogP contribution in [0.3, 0.4) is 0 Å². The number of hydrogen-bond donors (Lipinski definition) is 2. The van der Waals surface area contributed by atoms with Gasteiger partial charge in [-0.3, -0.25) is 0 Å². The Morgan fingerprint density at radius 1 is 1.21 bits per heavy atom. The summed E-state index contributed by atoms with van der Waals surface area (Å²) < 4.78 is 0. The van der Waals surface area contributed by atoms with Gasteiger partial charge in [0.1, 0.15) is 5.82 Å². The summed E-state index contributed by atoms with van der Waals surface area (Å²) in [7, 11) is 0. The fourth-order valence-corrected chi connectivity index (χ4v) is 2.05. The third kappa shape index (κ3) is 3.32. The molecule has 2 rings (SSSR count). The van der Waals surface area contributed by atoms with E-state index >= 15 is 0 Å². The number of rotatable bonds is 5. The number of benzene rings is 1. The van der Waals surface area contributed by atoms with Crippen molar-refractivity contribution in [3.05, 3.63) is 59.3 Å². The average molecular weight is 255 g/mol. The van der Waals surface area contributed by atoms with E-state index < -0.39 is 0 Å². The van der Waals surface area contributed by atoms with Crippen molar-refractivity contribution in [1.29, 1.82) is 0 Å². The van der Waals surface area contributed by atoms with Crippen LogP contribution in [0.5, 0.6) is 0 Å². The topological polar surface area (TPSA) is 50.9 Å². The van der Waals surface area contributed by atoms with Crippen LogP contribution in [0.25, 0.3) is 0 Å². The largest absolute Gasteiger partial charge is 0.370 e. The minimum atomic E-state index is -0.118. The quantitative estimate of drug-likeness (QED) is 0.862. The Kier molecular flexibility index (Phi) is 4.53. The summed E-state index contributed by atoms with van der Waals surface area (Å²) in [5.74, 6) is 0.950. The number of hydrogen-bond acceptors (Lipinski definition) is 3. The maximum Gasteiger partial charge on any atom is 0.128 e. The fraction of sp³-hybridized carbons (Fsp3) is 0.312. The highest BCUT2D eigenvalue weighted by molar-refractivity contribution is 5.46. The summed E-state index contributed by atoms with van der Waals surface area (Å²) in [4.78, 5) is 4.47. The summed E-state index contributed by atoms with van der Waals surface area (Å²) in [5, 5.41) is 3.32. The molecule has 0 saturated heterocycles. The molecule has 1 aromatic heterocycles. The van der Waals surface area contributed by atoms with Crippen LogP contribution < -0.4 is 11.1 Å². The Hall–Kier alpha value is -1.87. The lowest BCUT2D eigenvalue weighted by molar-refractivity contribution is 0.859. The first-order valence-corrected chi connectivity index (χ1v) is 6.73. The molecule has 0 saturated carbocycles. The number of nitrogens with zero attached hydrogens (tertiary/aromatic N) is 1. The molecule has 3 N–H and O–H groups in total. The van der Waals surface area contributed by atoms with E-state index in [1.807, 2.05) is 36.5 Å². The molecule has 3 heteroatoms. The zero-order chi connectivity index (χ0) is 13.7. The number of aromatic nitrogens is 1. The highest BCUT2D eigenvalue weighted by atomic mass is 15.0. The van der Waals surface area contributed by atoms with Gasteiger partial charge in [0, 0.05) is 12.7 Å². The summed E-state index contributed by atoms with van der Waals surface area (Å²) in [6.45, 7) is 5.14. The third-order valence-electron chi connectivity index (χ3n) is 3.16. The zero-order valence-electron chi connectivity index (χ0n) is 11.6. The number of nitrogens with one attached hydrogen (secondary N) is 1. The summed E-state index contributed by atoms with van der Waals surface area (Å²) >= 11 is 0. The van der Waals surface area contributed by atoms with Crippen LogP contribution in [0.2, 0.25) is 0 Å². The van der Waals surface area contributed by atoms with Gasteiger partial charge >= 0.3 is 0 Å². The maximum absolute atomic E-state index is 6.27. The lowest BCUT2D eigenvalue weighted by Gasteiger charge is -2.15. The van der Waals surface area contributed by atoms with Gasteiger partial charge in [0.05, 0.1) is 6.04 Å². The second-order valence-electron chi connectivity index (χ2n) is 4.75. The van der Waals surface area contributed by atoms with Gasteiger partial charge in [-0.15, -0.1) is 0 Å². The Morgan fingerprint density at radius 3 is 2.58 bits per heavy atom. The molecule has 1 atom stereocenters. The van der Waals surface area contributed by atoms with Crippen LogP contribution in [-0.4, -0.2) is 11.5 Å². The normalized spacial score (nSPS) is 12.2. The first-order chi connectivity index (χ1) is 9.22. The zero-order valence-corrected chi connectivity index (χ0v) is 11.6. The highest BCUT2D eigenvalue weighted by Gasteiger charge is 2.10. The van der Waals surface area contributed by atoms with Gasteiger partial charge in [0.25, 0.3) is 0 Å². The first kappa shape index (κ1) is 13.6. The minimum Gasteiger partial charge on any atom is -0.370 e. The molecule has 3 nitrogen and oxygen atoms in total. The van der Waals surface area contributed by atoms with Crippen molar-refractivity contribution in [2.24, 2.45) is 5.73 Å². The summed E-state index contributed by atoms with van der Waals surface area (Å²) in [5.41, 5.74) is 9.57. The summed E-state index contributed by atoms with van der Waals surface area (Å²) in [6, 6.07) is 12.1. The molecule has 19 heavy (non-hydrogen) atoms. The van der Waals surface area contributed by atoms with E-state index in [-0.39, 0.29) is 6.04 Å². The van der Waals surface area contributed by atoms with Crippen molar-refractivity contribution in [3.8, 4) is 0 Å². The molecule has 1 heterocycles. The van der Waals surface area contributed by atoms with E-state index in [1.165, 1.54) is 0 Å². The highest BCUT2D eigenvalue weighted by Crippen LogP contribution is 2.22. The molecule has 1 aromatic carbocycles. The van der Waals surface area contributed by atoms with Crippen LogP contribution in [-0.2, 0) is 0 Å². The SMILES string of the molecule is CCCNc1ncc(C(N)c2ccccc2)cc1C. The van der Waals surface area contributed by atoms with Crippen molar-refractivity contribution in [1.82, 2.24) is 4.98 Å². The number of aryl methyl sites for hydroxylation is 1. The fourth-order valence-electron chi connectivity index (χ4n) is 2.05. The van der Waals surface area contributed by atoms with E-state index in [0.717, 1.165) is 35.5 Å². The van der Waals surface area contributed by atoms with Gasteiger partial charge in [-0.05, 0) is 36.1 Å². The molecule has 0 aliphatic rings. The molecule has 0 spiro atoms. The second kappa shape index (κ2) is 6.34. The van der Waals surface area contributed by atoms with E-state index in [9.17, 15) is 0 Å². The predicted molar refractivity (Wildman–Crippen MR) is 80.2 cm³/mol. The number of anilines is 1. The standard InChI is InChI=1S/C16H21N3/c1-3-9-18-16-12(2)10-14(11-19-16)15(17)13-7-5-4-6-8-13/h4-8,10-11,15H,3,9,17H2,1-2H3,(H,18,19). The van der Waals surface area contributed by atoms with Crippen LogP contribution >= 0.6 is 0 Å². The van der Waals surface area contributed by atoms with Crippen molar-refractivity contribution < 1.29 is 0 Å². The van der Waals surface area contributed by atoms with Crippen LogP contribution in [0, 0.1) is 6.92 Å². The molecule has 0 radical (unpaired) electrons. The number of nitrogens with two attached hydrogens (primary N) is 1. The van der Waals surface area contributed by atoms with Gasteiger partial charge in [0.2, 0.25) is 0 Å². The molecule has 0 amide bonds. The smallest absolute Gasteiger partial charge is 0.128 e. The Bertz CT molecular complexity index is 523. The third-order valence-corrected chi connectivity index (χ3v) is 3.16. The van der Waals surface area contributed by atoms with Gasteiger partial charge in [-0.1, -0.05) is 37.3 Å². The number of pyridine rings is 1. The monoisotopic (exact) mass is 255 g/mol. The van der Waals surface area contributed by atoms with Crippen molar-refractivity contribution in [2.45, 2.75) is 26.3 Å². The van der Waals surface area contributed by atoms with Crippen LogP contribution in [0.15, 0.2) is 42.6 Å². The van der Waals surface area contributed by atoms with Crippen molar-refractivity contribution in [2.75, 3.05) is 11.9 Å². The van der Waals surface area contributed by atoms with E-state index in [0.29, 0.717) is 0 Å². The van der Waals surface area contributed by atoms with Crippen LogP contribution in [0.4, 0.5) is 5.82 Å². The maximum atomic E-state index is 6.27. The van der Waals surface area contributed by atoms with Crippen molar-refractivity contribution >= 4 is 5.82 Å². The average Bonchev–Trinajstić information content (AvgIpc) is 2.46. The van der Waals surface area contributed by atoms with Crippen LogP contribution in [0.1, 0.15) is 36.1 Å². The van der Waals surface area contributed by atoms with Gasteiger partial charge in [-0.25, -0.2) is 4.98 Å². The van der Waals surface area contributed by atoms with Gasteiger partial charge in [0.15, 0.2) is 0 Å². The van der Waals surface area contributed by atoms with E-state index in [1.54, 1.807) is 0 Å². The first-order valence-electron chi connectivity index (χ1n) is 6.73. The Balaban J connectivity index is 2.20. The Morgan fingerprint density at radius 2 is 1.95 bits per heavy atom. The molecule has 2 aromatic rings. The molecule has 0 bridgehead atoms. The predicted octanol–water partition coefficient (Wildman–Crippen LogP) is 3.26. The molecule has 0 fully saturated rings. The van der Waals surface area contributed by atoms with E-state index in [4.69, 9.17) is 5.73 Å². The van der Waals surface area contributed by atoms with Gasteiger partial charge < -0.3 is 11.1 Å². The molecule has 0 aliphatic heterocycles. The van der Waals surface area contributed by atoms with E-state index in [2.05, 4.69) is 30.2 Å². The molecular weight excluding hydrogens is 234 g/mol. The lowest BCUT2D eigenvalue weighted by Crippen LogP contribution is -2.13. The summed E-state index contributed by atoms with van der Waals surface area (Å²) in [6.07, 6.45) is 2.95. The molecule has 0 aliphatic carbocycles. The van der Waals surface area contributed by atoms with Crippen molar-refractivity contribution in [3.63, 3.8) is 0 Å². The second-order valence-corrected chi connectivity index (χ2v) is 4.75. The van der Waals surface area contributed by atoms with Gasteiger partial charge in [-0.2, -0.15) is 0 Å².